The Kier molecular flexibility index (Phi) is 6.70. The van der Waals surface area contributed by atoms with E-state index < -0.39 is 10.0 Å². The van der Waals surface area contributed by atoms with Gasteiger partial charge in [-0.2, -0.15) is 10.1 Å². The van der Waals surface area contributed by atoms with Crippen molar-refractivity contribution in [1.29, 1.82) is 0 Å². The molecule has 10 nitrogen and oxygen atoms in total. The number of nitrogens with zero attached hydrogens (tertiary/aromatic N) is 5. The molecule has 3 N–H and O–H groups in total. The van der Waals surface area contributed by atoms with Gasteiger partial charge in [0.25, 0.3) is 0 Å². The Morgan fingerprint density at radius 3 is 2.84 bits per heavy atom. The molecule has 0 atom stereocenters. The Bertz CT molecular complexity index is 1140. The zero-order valence-electron chi connectivity index (χ0n) is 16.9. The van der Waals surface area contributed by atoms with Crippen molar-refractivity contribution in [3.05, 3.63) is 34.8 Å². The van der Waals surface area contributed by atoms with Crippen LogP contribution in [-0.4, -0.2) is 52.0 Å². The standard InChI is InChI=1S/C18H23ClN8O2S2/c1-2-7-31(28,29)26-13-8-23-27(11-13)16-14(19)9-22-18(25-16)24-15-10-21-17(30-15)12-3-5-20-6-4-12/h8-12,20,26H,2-7H2,1H3,(H,22,24,25). The summed E-state index contributed by atoms with van der Waals surface area (Å²) in [5.41, 5.74) is 0.340. The molecule has 0 bridgehead atoms. The highest BCUT2D eigenvalue weighted by Crippen LogP contribution is 2.32. The Hall–Kier alpha value is -2.28. The Balaban J connectivity index is 1.50. The maximum atomic E-state index is 12.0. The van der Waals surface area contributed by atoms with Gasteiger partial charge in [-0.05, 0) is 32.4 Å². The fraction of sp³-hybridized carbons (Fsp3) is 0.444. The fourth-order valence-electron chi connectivity index (χ4n) is 3.28. The van der Waals surface area contributed by atoms with Crippen LogP contribution in [0.2, 0.25) is 5.02 Å². The number of anilines is 3. The van der Waals surface area contributed by atoms with Crippen LogP contribution in [0.25, 0.3) is 5.82 Å². The van der Waals surface area contributed by atoms with E-state index in [2.05, 4.69) is 35.4 Å². The first-order valence-electron chi connectivity index (χ1n) is 9.95. The molecule has 0 saturated carbocycles. The summed E-state index contributed by atoms with van der Waals surface area (Å²) in [6.07, 6.45) is 8.88. The number of rotatable bonds is 8. The molecule has 0 aromatic carbocycles. The Labute approximate surface area is 189 Å². The summed E-state index contributed by atoms with van der Waals surface area (Å²) in [5.74, 6) is 1.20. The second-order valence-electron chi connectivity index (χ2n) is 7.17. The summed E-state index contributed by atoms with van der Waals surface area (Å²) in [4.78, 5) is 13.2. The number of hydrogen-bond donors (Lipinski definition) is 3. The van der Waals surface area contributed by atoms with Crippen molar-refractivity contribution < 1.29 is 8.42 Å². The second kappa shape index (κ2) is 9.47. The van der Waals surface area contributed by atoms with Crippen molar-refractivity contribution in [2.75, 3.05) is 28.9 Å². The topological polar surface area (TPSA) is 127 Å². The van der Waals surface area contributed by atoms with Crippen LogP contribution in [-0.2, 0) is 10.0 Å². The summed E-state index contributed by atoms with van der Waals surface area (Å²) in [7, 11) is -3.41. The van der Waals surface area contributed by atoms with Crippen LogP contribution in [0.5, 0.6) is 0 Å². The summed E-state index contributed by atoms with van der Waals surface area (Å²) in [6, 6.07) is 0. The monoisotopic (exact) mass is 482 g/mol. The van der Waals surface area contributed by atoms with Crippen molar-refractivity contribution >= 4 is 49.6 Å². The molecule has 4 heterocycles. The largest absolute Gasteiger partial charge is 0.317 e. The molecule has 1 aliphatic heterocycles. The van der Waals surface area contributed by atoms with Crippen LogP contribution in [0.4, 0.5) is 16.6 Å². The molecule has 31 heavy (non-hydrogen) atoms. The lowest BCUT2D eigenvalue weighted by atomic mass is 9.99. The van der Waals surface area contributed by atoms with Gasteiger partial charge < -0.3 is 10.6 Å². The molecule has 3 aromatic rings. The lowest BCUT2D eigenvalue weighted by Gasteiger charge is -2.20. The number of sulfonamides is 1. The van der Waals surface area contributed by atoms with Gasteiger partial charge in [0, 0.05) is 5.92 Å². The molecule has 0 radical (unpaired) electrons. The summed E-state index contributed by atoms with van der Waals surface area (Å²) < 4.78 is 27.8. The van der Waals surface area contributed by atoms with E-state index in [0.29, 0.717) is 29.8 Å². The quantitative estimate of drug-likeness (QED) is 0.447. The summed E-state index contributed by atoms with van der Waals surface area (Å²) in [5, 5.41) is 12.9. The molecule has 3 aromatic heterocycles. The molecule has 0 spiro atoms. The van der Waals surface area contributed by atoms with E-state index in [-0.39, 0.29) is 10.8 Å². The summed E-state index contributed by atoms with van der Waals surface area (Å²) >= 11 is 7.86. The van der Waals surface area contributed by atoms with Gasteiger partial charge in [0.05, 0.1) is 41.2 Å². The van der Waals surface area contributed by atoms with Gasteiger partial charge in [0.2, 0.25) is 16.0 Å². The van der Waals surface area contributed by atoms with Crippen molar-refractivity contribution in [1.82, 2.24) is 30.0 Å². The average molecular weight is 483 g/mol. The van der Waals surface area contributed by atoms with Crippen molar-refractivity contribution in [3.63, 3.8) is 0 Å². The van der Waals surface area contributed by atoms with E-state index in [1.807, 2.05) is 0 Å². The second-order valence-corrected chi connectivity index (χ2v) is 10.5. The fourth-order valence-corrected chi connectivity index (χ4v) is 5.55. The van der Waals surface area contributed by atoms with Gasteiger partial charge in [0.15, 0.2) is 5.82 Å². The Morgan fingerprint density at radius 2 is 2.06 bits per heavy atom. The molecule has 1 fully saturated rings. The number of hydrogen-bond acceptors (Lipinski definition) is 9. The molecule has 166 valence electrons. The molecule has 1 saturated heterocycles. The lowest BCUT2D eigenvalue weighted by molar-refractivity contribution is 0.459. The van der Waals surface area contributed by atoms with Crippen LogP contribution in [0.1, 0.15) is 37.1 Å². The first-order chi connectivity index (χ1) is 14.9. The van der Waals surface area contributed by atoms with E-state index in [0.717, 1.165) is 35.9 Å². The summed E-state index contributed by atoms with van der Waals surface area (Å²) in [6.45, 7) is 3.82. The van der Waals surface area contributed by atoms with E-state index in [1.165, 1.54) is 23.3 Å². The van der Waals surface area contributed by atoms with Gasteiger partial charge in [0.1, 0.15) is 10.0 Å². The smallest absolute Gasteiger partial charge is 0.232 e. The van der Waals surface area contributed by atoms with Crippen molar-refractivity contribution in [2.45, 2.75) is 32.1 Å². The number of halogens is 1. The van der Waals surface area contributed by atoms with Crippen LogP contribution >= 0.6 is 22.9 Å². The molecule has 0 amide bonds. The number of thiazole rings is 1. The van der Waals surface area contributed by atoms with Gasteiger partial charge in [-0.3, -0.25) is 4.72 Å². The normalized spacial score (nSPS) is 15.2. The third-order valence-electron chi connectivity index (χ3n) is 4.72. The first kappa shape index (κ1) is 21.9. The third-order valence-corrected chi connectivity index (χ3v) is 7.55. The zero-order valence-corrected chi connectivity index (χ0v) is 19.3. The van der Waals surface area contributed by atoms with E-state index in [9.17, 15) is 8.42 Å². The van der Waals surface area contributed by atoms with E-state index >= 15 is 0 Å². The molecule has 1 aliphatic rings. The third kappa shape index (κ3) is 5.50. The van der Waals surface area contributed by atoms with Crippen molar-refractivity contribution in [3.8, 4) is 5.82 Å². The maximum Gasteiger partial charge on any atom is 0.232 e. The SMILES string of the molecule is CCCS(=O)(=O)Nc1cnn(-c2nc(Nc3cnc(C4CCNCC4)s3)ncc2Cl)c1. The Morgan fingerprint density at radius 1 is 1.26 bits per heavy atom. The number of aromatic nitrogens is 5. The van der Waals surface area contributed by atoms with Gasteiger partial charge in [-0.1, -0.05) is 18.5 Å². The van der Waals surface area contributed by atoms with Gasteiger partial charge >= 0.3 is 0 Å². The molecular formula is C18H23ClN8O2S2. The minimum atomic E-state index is -3.41. The molecule has 0 unspecified atom stereocenters. The zero-order chi connectivity index (χ0) is 21.8. The molecule has 4 rings (SSSR count). The van der Waals surface area contributed by atoms with Gasteiger partial charge in [-0.25, -0.2) is 23.1 Å². The lowest BCUT2D eigenvalue weighted by Crippen LogP contribution is -2.26. The number of piperidine rings is 1. The minimum absolute atomic E-state index is 0.0364. The first-order valence-corrected chi connectivity index (χ1v) is 12.8. The van der Waals surface area contributed by atoms with Gasteiger partial charge in [-0.15, -0.1) is 11.3 Å². The molecule has 13 heteroatoms. The minimum Gasteiger partial charge on any atom is -0.317 e. The predicted octanol–water partition coefficient (Wildman–Crippen LogP) is 3.13. The highest BCUT2D eigenvalue weighted by molar-refractivity contribution is 7.92. The molecular weight excluding hydrogens is 460 g/mol. The van der Waals surface area contributed by atoms with Crippen LogP contribution in [0.15, 0.2) is 24.8 Å². The van der Waals surface area contributed by atoms with E-state index in [4.69, 9.17) is 11.6 Å². The van der Waals surface area contributed by atoms with Crippen LogP contribution in [0.3, 0.4) is 0 Å². The average Bonchev–Trinajstić information content (AvgIpc) is 3.39. The maximum absolute atomic E-state index is 12.0. The van der Waals surface area contributed by atoms with Crippen LogP contribution < -0.4 is 15.4 Å². The van der Waals surface area contributed by atoms with E-state index in [1.54, 1.807) is 24.5 Å². The highest BCUT2D eigenvalue weighted by atomic mass is 35.5. The van der Waals surface area contributed by atoms with Crippen molar-refractivity contribution in [2.24, 2.45) is 0 Å². The predicted molar refractivity (Wildman–Crippen MR) is 122 cm³/mol. The highest BCUT2D eigenvalue weighted by Gasteiger charge is 2.19. The number of nitrogens with one attached hydrogen (secondary N) is 3. The van der Waals surface area contributed by atoms with Crippen LogP contribution in [0, 0.1) is 0 Å². The molecule has 0 aliphatic carbocycles.